The summed E-state index contributed by atoms with van der Waals surface area (Å²) in [6, 6.07) is 4.79. The van der Waals surface area contributed by atoms with E-state index in [0.29, 0.717) is 24.5 Å². The topological polar surface area (TPSA) is 84.7 Å². The molecule has 3 N–H and O–H groups in total. The summed E-state index contributed by atoms with van der Waals surface area (Å²) in [4.78, 5) is 25.6. The number of hydrogen-bond acceptors (Lipinski definition) is 4. The predicted octanol–water partition coefficient (Wildman–Crippen LogP) is 1.75. The van der Waals surface area contributed by atoms with Crippen LogP contribution in [-0.2, 0) is 4.74 Å². The van der Waals surface area contributed by atoms with Crippen LogP contribution in [0.3, 0.4) is 0 Å². The first-order valence-corrected chi connectivity index (χ1v) is 6.69. The van der Waals surface area contributed by atoms with Gasteiger partial charge in [0, 0.05) is 12.2 Å². The number of nitrogens with one attached hydrogen (secondary N) is 1. The van der Waals surface area contributed by atoms with Gasteiger partial charge in [0.2, 0.25) is 0 Å². The monoisotopic (exact) mass is 277 g/mol. The third-order valence-corrected chi connectivity index (χ3v) is 3.18. The van der Waals surface area contributed by atoms with Crippen molar-refractivity contribution in [3.05, 3.63) is 23.8 Å². The minimum atomic E-state index is -0.494. The molecular formula is C14H19N3O3. The Bertz CT molecular complexity index is 530. The Balaban J connectivity index is 2.40. The number of benzene rings is 1. The van der Waals surface area contributed by atoms with E-state index in [0.717, 1.165) is 6.42 Å². The van der Waals surface area contributed by atoms with Gasteiger partial charge in [0.25, 0.3) is 0 Å². The average Bonchev–Trinajstić information content (AvgIpc) is 2.75. The number of urea groups is 1. The number of ether oxygens (including phenoxy) is 1. The lowest BCUT2D eigenvalue weighted by Crippen LogP contribution is -2.34. The standard InChI is InChI=1S/C14H19N3O3/c1-3-7-20-13(18)12-10(15)5-4-6-11(12)17-9(2)8-16-14(17)19/h4-6,9H,3,7-8,15H2,1-2H3,(H,16,19). The zero-order valence-electron chi connectivity index (χ0n) is 11.7. The van der Waals surface area contributed by atoms with E-state index in [1.54, 1.807) is 23.1 Å². The van der Waals surface area contributed by atoms with Crippen LogP contribution in [0.15, 0.2) is 18.2 Å². The molecule has 108 valence electrons. The number of esters is 1. The molecule has 2 rings (SSSR count). The van der Waals surface area contributed by atoms with Gasteiger partial charge in [-0.1, -0.05) is 13.0 Å². The van der Waals surface area contributed by atoms with E-state index in [-0.39, 0.29) is 17.6 Å². The average molecular weight is 277 g/mol. The van der Waals surface area contributed by atoms with Crippen molar-refractivity contribution in [2.75, 3.05) is 23.8 Å². The molecule has 1 heterocycles. The van der Waals surface area contributed by atoms with E-state index < -0.39 is 5.97 Å². The van der Waals surface area contributed by atoms with Gasteiger partial charge in [0.15, 0.2) is 0 Å². The fourth-order valence-electron chi connectivity index (χ4n) is 2.21. The van der Waals surface area contributed by atoms with Crippen molar-refractivity contribution >= 4 is 23.4 Å². The number of carbonyl (C=O) groups excluding carboxylic acids is 2. The third kappa shape index (κ3) is 2.54. The van der Waals surface area contributed by atoms with Crippen LogP contribution >= 0.6 is 0 Å². The normalized spacial score (nSPS) is 18.0. The molecule has 1 aromatic rings. The van der Waals surface area contributed by atoms with E-state index in [9.17, 15) is 9.59 Å². The number of nitrogens with zero attached hydrogens (tertiary/aromatic N) is 1. The van der Waals surface area contributed by atoms with Crippen LogP contribution < -0.4 is 16.0 Å². The third-order valence-electron chi connectivity index (χ3n) is 3.18. The Labute approximate surface area is 117 Å². The predicted molar refractivity (Wildman–Crippen MR) is 76.8 cm³/mol. The second-order valence-corrected chi connectivity index (χ2v) is 4.78. The van der Waals surface area contributed by atoms with Crippen molar-refractivity contribution in [2.24, 2.45) is 0 Å². The zero-order chi connectivity index (χ0) is 14.7. The number of amides is 2. The molecule has 1 aromatic carbocycles. The van der Waals surface area contributed by atoms with Gasteiger partial charge in [-0.3, -0.25) is 4.90 Å². The second kappa shape index (κ2) is 5.81. The van der Waals surface area contributed by atoms with Crippen molar-refractivity contribution < 1.29 is 14.3 Å². The largest absolute Gasteiger partial charge is 0.462 e. The van der Waals surface area contributed by atoms with Gasteiger partial charge >= 0.3 is 12.0 Å². The number of rotatable bonds is 4. The molecule has 6 heteroatoms. The first-order valence-electron chi connectivity index (χ1n) is 6.69. The van der Waals surface area contributed by atoms with Crippen LogP contribution in [-0.4, -0.2) is 31.2 Å². The van der Waals surface area contributed by atoms with E-state index >= 15 is 0 Å². The fraction of sp³-hybridized carbons (Fsp3) is 0.429. The molecule has 1 atom stereocenters. The van der Waals surface area contributed by atoms with Crippen LogP contribution in [0.1, 0.15) is 30.6 Å². The van der Waals surface area contributed by atoms with E-state index in [1.165, 1.54) is 0 Å². The quantitative estimate of drug-likeness (QED) is 0.648. The minimum Gasteiger partial charge on any atom is -0.462 e. The molecule has 0 spiro atoms. The molecule has 1 unspecified atom stereocenters. The van der Waals surface area contributed by atoms with Crippen molar-refractivity contribution in [2.45, 2.75) is 26.3 Å². The Kier molecular flexibility index (Phi) is 4.12. The van der Waals surface area contributed by atoms with Crippen molar-refractivity contribution in [3.8, 4) is 0 Å². The van der Waals surface area contributed by atoms with Crippen molar-refractivity contribution in [1.82, 2.24) is 5.32 Å². The zero-order valence-corrected chi connectivity index (χ0v) is 11.7. The van der Waals surface area contributed by atoms with Gasteiger partial charge < -0.3 is 15.8 Å². The molecule has 20 heavy (non-hydrogen) atoms. The number of anilines is 2. The van der Waals surface area contributed by atoms with Gasteiger partial charge in [0.05, 0.1) is 18.3 Å². The highest BCUT2D eigenvalue weighted by Crippen LogP contribution is 2.29. The summed E-state index contributed by atoms with van der Waals surface area (Å²) in [6.07, 6.45) is 0.731. The summed E-state index contributed by atoms with van der Waals surface area (Å²) in [5.41, 5.74) is 6.96. The lowest BCUT2D eigenvalue weighted by Gasteiger charge is -2.23. The molecule has 2 amide bonds. The summed E-state index contributed by atoms with van der Waals surface area (Å²) < 4.78 is 5.15. The number of nitrogens with two attached hydrogens (primary N) is 1. The Morgan fingerprint density at radius 1 is 1.55 bits per heavy atom. The summed E-state index contributed by atoms with van der Waals surface area (Å²) in [5.74, 6) is -0.494. The maximum Gasteiger partial charge on any atom is 0.342 e. The molecule has 1 aliphatic heterocycles. The highest BCUT2D eigenvalue weighted by molar-refractivity contribution is 6.06. The molecule has 6 nitrogen and oxygen atoms in total. The molecule has 0 bridgehead atoms. The first kappa shape index (κ1) is 14.2. The second-order valence-electron chi connectivity index (χ2n) is 4.78. The number of nitrogen functional groups attached to an aromatic ring is 1. The van der Waals surface area contributed by atoms with Gasteiger partial charge in [-0.25, -0.2) is 9.59 Å². The Morgan fingerprint density at radius 2 is 2.30 bits per heavy atom. The molecule has 1 saturated heterocycles. The lowest BCUT2D eigenvalue weighted by atomic mass is 10.1. The van der Waals surface area contributed by atoms with Crippen LogP contribution in [0.5, 0.6) is 0 Å². The van der Waals surface area contributed by atoms with Gasteiger partial charge in [0.1, 0.15) is 5.56 Å². The smallest absolute Gasteiger partial charge is 0.342 e. The molecule has 1 aliphatic rings. The fourth-order valence-corrected chi connectivity index (χ4v) is 2.21. The minimum absolute atomic E-state index is 0.0398. The number of hydrogen-bond donors (Lipinski definition) is 2. The highest BCUT2D eigenvalue weighted by atomic mass is 16.5. The molecular weight excluding hydrogens is 258 g/mol. The molecule has 0 radical (unpaired) electrons. The maximum atomic E-state index is 12.2. The van der Waals surface area contributed by atoms with E-state index in [2.05, 4.69) is 5.32 Å². The summed E-state index contributed by atoms with van der Waals surface area (Å²) in [5, 5.41) is 2.74. The lowest BCUT2D eigenvalue weighted by molar-refractivity contribution is 0.0507. The SMILES string of the molecule is CCCOC(=O)c1c(N)cccc1N1C(=O)NCC1C. The van der Waals surface area contributed by atoms with Crippen molar-refractivity contribution in [1.29, 1.82) is 0 Å². The highest BCUT2D eigenvalue weighted by Gasteiger charge is 2.32. The van der Waals surface area contributed by atoms with Gasteiger partial charge in [-0.2, -0.15) is 0 Å². The summed E-state index contributed by atoms with van der Waals surface area (Å²) >= 11 is 0. The van der Waals surface area contributed by atoms with E-state index in [4.69, 9.17) is 10.5 Å². The molecule has 0 aromatic heterocycles. The molecule has 0 aliphatic carbocycles. The first-order chi connectivity index (χ1) is 9.56. The molecule has 1 fully saturated rings. The summed E-state index contributed by atoms with van der Waals surface area (Å²) in [7, 11) is 0. The van der Waals surface area contributed by atoms with Crippen LogP contribution in [0.4, 0.5) is 16.2 Å². The van der Waals surface area contributed by atoms with Crippen LogP contribution in [0.25, 0.3) is 0 Å². The Morgan fingerprint density at radius 3 is 2.90 bits per heavy atom. The van der Waals surface area contributed by atoms with Crippen molar-refractivity contribution in [3.63, 3.8) is 0 Å². The Hall–Kier alpha value is -2.24. The van der Waals surface area contributed by atoms with E-state index in [1.807, 2.05) is 13.8 Å². The van der Waals surface area contributed by atoms with Crippen LogP contribution in [0, 0.1) is 0 Å². The molecule has 0 saturated carbocycles. The number of carbonyl (C=O) groups is 2. The van der Waals surface area contributed by atoms with Crippen LogP contribution in [0.2, 0.25) is 0 Å². The maximum absolute atomic E-state index is 12.2. The summed E-state index contributed by atoms with van der Waals surface area (Å²) in [6.45, 7) is 4.69. The van der Waals surface area contributed by atoms with Gasteiger partial charge in [-0.05, 0) is 25.5 Å². The van der Waals surface area contributed by atoms with Gasteiger partial charge in [-0.15, -0.1) is 0 Å².